The number of halogens is 1. The minimum atomic E-state index is -3.28. The third-order valence-electron chi connectivity index (χ3n) is 4.19. The van der Waals surface area contributed by atoms with E-state index in [2.05, 4.69) is 19.9 Å². The maximum absolute atomic E-state index is 11.5. The highest BCUT2D eigenvalue weighted by Crippen LogP contribution is 2.21. The maximum Gasteiger partial charge on any atom is 0.209 e. The average Bonchev–Trinajstić information content (AvgIpc) is 3.03. The van der Waals surface area contributed by atoms with Gasteiger partial charge in [-0.1, -0.05) is 0 Å². The van der Waals surface area contributed by atoms with Crippen LogP contribution >= 0.6 is 24.0 Å². The van der Waals surface area contributed by atoms with Crippen LogP contribution < -0.4 is 10.0 Å². The lowest BCUT2D eigenvalue weighted by Gasteiger charge is -2.37. The summed E-state index contributed by atoms with van der Waals surface area (Å²) < 4.78 is 37.3. The number of nitrogens with one attached hydrogen (secondary N) is 2. The number of sulfonamides is 1. The summed E-state index contributed by atoms with van der Waals surface area (Å²) in [6, 6.07) is 0. The second kappa shape index (κ2) is 10.4. The lowest BCUT2D eigenvalue weighted by Crippen LogP contribution is -2.54. The van der Waals surface area contributed by atoms with E-state index in [1.54, 1.807) is 0 Å². The van der Waals surface area contributed by atoms with Crippen LogP contribution in [0.3, 0.4) is 0 Å². The molecule has 2 N–H and O–H groups in total. The van der Waals surface area contributed by atoms with Gasteiger partial charge in [-0.2, -0.15) is 0 Å². The Kier molecular flexibility index (Phi) is 9.54. The van der Waals surface area contributed by atoms with Crippen molar-refractivity contribution in [3.8, 4) is 0 Å². The zero-order valence-electron chi connectivity index (χ0n) is 16.2. The van der Waals surface area contributed by atoms with Gasteiger partial charge < -0.3 is 19.7 Å². The molecule has 2 atom stereocenters. The first-order valence-corrected chi connectivity index (χ1v) is 10.8. The summed E-state index contributed by atoms with van der Waals surface area (Å²) in [5.41, 5.74) is -0.644. The number of ether oxygens (including phenoxy) is 2. The number of guanidine groups is 1. The normalized spacial score (nSPS) is 25.1. The molecular weight excluding hydrogens is 471 g/mol. The molecule has 8 nitrogen and oxygen atoms in total. The van der Waals surface area contributed by atoms with Crippen LogP contribution in [-0.4, -0.2) is 82.7 Å². The molecule has 0 spiro atoms. The summed E-state index contributed by atoms with van der Waals surface area (Å²) in [7, 11) is -3.28. The lowest BCUT2D eigenvalue weighted by atomic mass is 10.1. The minimum Gasteiger partial charge on any atom is -0.375 e. The Morgan fingerprint density at radius 2 is 1.96 bits per heavy atom. The first-order chi connectivity index (χ1) is 11.7. The van der Waals surface area contributed by atoms with Crippen molar-refractivity contribution in [3.05, 3.63) is 0 Å². The van der Waals surface area contributed by atoms with Crippen LogP contribution in [0.2, 0.25) is 0 Å². The van der Waals surface area contributed by atoms with Crippen LogP contribution in [0.25, 0.3) is 0 Å². The van der Waals surface area contributed by atoms with E-state index >= 15 is 0 Å². The van der Waals surface area contributed by atoms with Crippen molar-refractivity contribution in [2.75, 3.05) is 45.6 Å². The lowest BCUT2D eigenvalue weighted by molar-refractivity contribution is -0.0817. The van der Waals surface area contributed by atoms with E-state index in [1.165, 1.54) is 0 Å². The van der Waals surface area contributed by atoms with E-state index < -0.39 is 15.6 Å². The second-order valence-electron chi connectivity index (χ2n) is 7.34. The molecule has 0 amide bonds. The predicted octanol–water partition coefficient (Wildman–Crippen LogP) is 0.778. The summed E-state index contributed by atoms with van der Waals surface area (Å²) in [6.45, 7) is 9.72. The van der Waals surface area contributed by atoms with Crippen LogP contribution in [0.15, 0.2) is 4.99 Å². The fourth-order valence-electron chi connectivity index (χ4n) is 3.22. The van der Waals surface area contributed by atoms with Crippen molar-refractivity contribution in [1.29, 1.82) is 0 Å². The van der Waals surface area contributed by atoms with E-state index in [9.17, 15) is 8.42 Å². The van der Waals surface area contributed by atoms with Crippen molar-refractivity contribution < 1.29 is 17.9 Å². The molecule has 0 aromatic heterocycles. The molecule has 154 valence electrons. The Labute approximate surface area is 174 Å². The predicted molar refractivity (Wildman–Crippen MR) is 114 cm³/mol. The van der Waals surface area contributed by atoms with Crippen LogP contribution in [0, 0.1) is 0 Å². The van der Waals surface area contributed by atoms with E-state index in [1.807, 2.05) is 20.8 Å². The number of hydrogen-bond donors (Lipinski definition) is 2. The summed E-state index contributed by atoms with van der Waals surface area (Å²) in [5.74, 6) is 0.789. The highest BCUT2D eigenvalue weighted by molar-refractivity contribution is 14.0. The van der Waals surface area contributed by atoms with Crippen molar-refractivity contribution in [2.24, 2.45) is 4.99 Å². The second-order valence-corrected chi connectivity index (χ2v) is 9.08. The molecule has 10 heteroatoms. The van der Waals surface area contributed by atoms with E-state index in [0.717, 1.165) is 51.3 Å². The average molecular weight is 504 g/mol. The van der Waals surface area contributed by atoms with Gasteiger partial charge in [-0.3, -0.25) is 4.99 Å². The molecule has 2 heterocycles. The SMILES string of the molecule is CCNC(=NCC(C)(C)NS(C)(=O)=O)N1CCOC(C2CCCO2)C1.I. The Balaban J connectivity index is 0.00000338. The zero-order valence-corrected chi connectivity index (χ0v) is 19.3. The first-order valence-electron chi connectivity index (χ1n) is 8.95. The van der Waals surface area contributed by atoms with Crippen LogP contribution in [0.4, 0.5) is 0 Å². The highest BCUT2D eigenvalue weighted by atomic mass is 127. The number of morpholine rings is 1. The largest absolute Gasteiger partial charge is 0.375 e. The molecule has 2 unspecified atom stereocenters. The molecule has 0 aliphatic carbocycles. The highest BCUT2D eigenvalue weighted by Gasteiger charge is 2.32. The molecule has 0 bridgehead atoms. The van der Waals surface area contributed by atoms with Gasteiger partial charge in [-0.25, -0.2) is 13.1 Å². The van der Waals surface area contributed by atoms with Gasteiger partial charge in [0, 0.05) is 31.8 Å². The van der Waals surface area contributed by atoms with Gasteiger partial charge >= 0.3 is 0 Å². The summed E-state index contributed by atoms with van der Waals surface area (Å²) in [4.78, 5) is 6.84. The van der Waals surface area contributed by atoms with E-state index in [0.29, 0.717) is 13.2 Å². The molecule has 2 saturated heterocycles. The summed E-state index contributed by atoms with van der Waals surface area (Å²) in [5, 5.41) is 3.30. The quantitative estimate of drug-likeness (QED) is 0.316. The number of aliphatic imine (C=N–C) groups is 1. The van der Waals surface area contributed by atoms with Gasteiger partial charge in [0.25, 0.3) is 0 Å². The van der Waals surface area contributed by atoms with Gasteiger partial charge in [0.2, 0.25) is 10.0 Å². The molecule has 0 aromatic carbocycles. The third-order valence-corrected chi connectivity index (χ3v) is 5.12. The fraction of sp³-hybridized carbons (Fsp3) is 0.938. The maximum atomic E-state index is 11.5. The topological polar surface area (TPSA) is 92.3 Å². The van der Waals surface area contributed by atoms with Gasteiger partial charge in [0.15, 0.2) is 5.96 Å². The van der Waals surface area contributed by atoms with Crippen molar-refractivity contribution in [1.82, 2.24) is 14.9 Å². The van der Waals surface area contributed by atoms with Crippen LogP contribution in [0.5, 0.6) is 0 Å². The number of nitrogens with zero attached hydrogens (tertiary/aromatic N) is 2. The monoisotopic (exact) mass is 504 g/mol. The Morgan fingerprint density at radius 1 is 1.27 bits per heavy atom. The van der Waals surface area contributed by atoms with Gasteiger partial charge in [0.05, 0.1) is 25.5 Å². The standard InChI is InChI=1S/C16H32N4O4S.HI/c1-5-17-15(18-12-16(2,3)19-25(4,21)22)20-8-10-24-14(11-20)13-7-6-9-23-13;/h13-14,19H,5-12H2,1-4H3,(H,17,18);1H. The molecule has 2 aliphatic rings. The number of rotatable bonds is 6. The summed E-state index contributed by atoms with van der Waals surface area (Å²) in [6.07, 6.45) is 3.51. The van der Waals surface area contributed by atoms with Gasteiger partial charge in [-0.15, -0.1) is 24.0 Å². The molecular formula is C16H33IN4O4S. The van der Waals surface area contributed by atoms with E-state index in [4.69, 9.17) is 9.47 Å². The summed E-state index contributed by atoms with van der Waals surface area (Å²) >= 11 is 0. The van der Waals surface area contributed by atoms with Crippen molar-refractivity contribution in [2.45, 2.75) is 51.4 Å². The molecule has 26 heavy (non-hydrogen) atoms. The Hall–Kier alpha value is -0.170. The van der Waals surface area contributed by atoms with Crippen LogP contribution in [0.1, 0.15) is 33.6 Å². The van der Waals surface area contributed by atoms with Crippen LogP contribution in [-0.2, 0) is 19.5 Å². The molecule has 2 rings (SSSR count). The molecule has 0 radical (unpaired) electrons. The molecule has 2 fully saturated rings. The molecule has 0 aromatic rings. The molecule has 2 aliphatic heterocycles. The smallest absolute Gasteiger partial charge is 0.209 e. The van der Waals surface area contributed by atoms with Crippen molar-refractivity contribution in [3.63, 3.8) is 0 Å². The van der Waals surface area contributed by atoms with Crippen molar-refractivity contribution >= 4 is 40.0 Å². The first kappa shape index (κ1) is 23.9. The third kappa shape index (κ3) is 7.83. The Morgan fingerprint density at radius 3 is 2.54 bits per heavy atom. The van der Waals surface area contributed by atoms with Gasteiger partial charge in [-0.05, 0) is 33.6 Å². The van der Waals surface area contributed by atoms with E-state index in [-0.39, 0.29) is 36.2 Å². The van der Waals surface area contributed by atoms with Gasteiger partial charge in [0.1, 0.15) is 6.10 Å². The molecule has 0 saturated carbocycles. The fourth-order valence-corrected chi connectivity index (χ4v) is 4.29. The Bertz CT molecular complexity index is 565. The zero-order chi connectivity index (χ0) is 18.5. The number of hydrogen-bond acceptors (Lipinski definition) is 5. The minimum absolute atomic E-state index is 0.